The summed E-state index contributed by atoms with van der Waals surface area (Å²) in [6, 6.07) is 10.5. The molecule has 3 rings (SSSR count). The average Bonchev–Trinajstić information content (AvgIpc) is 2.72. The van der Waals surface area contributed by atoms with Gasteiger partial charge < -0.3 is 23.9 Å². The van der Waals surface area contributed by atoms with Crippen molar-refractivity contribution in [1.29, 1.82) is 0 Å². The first-order chi connectivity index (χ1) is 13.5. The number of hydrogen-bond acceptors (Lipinski definition) is 5. The van der Waals surface area contributed by atoms with Gasteiger partial charge in [-0.1, -0.05) is 6.07 Å². The van der Waals surface area contributed by atoms with Crippen LogP contribution in [-0.2, 0) is 6.54 Å². The van der Waals surface area contributed by atoms with Gasteiger partial charge in [-0.05, 0) is 49.7 Å². The minimum atomic E-state index is -0.457. The maximum atomic E-state index is 12.7. The number of phenols is 1. The molecular weight excluding hydrogens is 358 g/mol. The molecule has 0 aliphatic carbocycles. The van der Waals surface area contributed by atoms with E-state index in [1.165, 1.54) is 4.90 Å². The highest BCUT2D eigenvalue weighted by Crippen LogP contribution is 2.33. The summed E-state index contributed by atoms with van der Waals surface area (Å²) in [5.41, 5.74) is 1.75. The standard InChI is InChI=1S/C22H25NO5/c1-5-23(6-2)13-17-18(24)9-7-15-11-16(22(25)28-21(15)17)14-8-10-19(26-3)20(12-14)27-4/h7-12,24H,5-6,13H2,1-4H3/p+1. The maximum absolute atomic E-state index is 12.7. The second-order valence-corrected chi connectivity index (χ2v) is 6.63. The summed E-state index contributed by atoms with van der Waals surface area (Å²) >= 11 is 0. The molecule has 0 fully saturated rings. The quantitative estimate of drug-likeness (QED) is 0.613. The maximum Gasteiger partial charge on any atom is 0.344 e. The highest BCUT2D eigenvalue weighted by molar-refractivity contribution is 5.86. The van der Waals surface area contributed by atoms with E-state index in [9.17, 15) is 9.90 Å². The summed E-state index contributed by atoms with van der Waals surface area (Å²) in [7, 11) is 3.11. The molecule has 0 bridgehead atoms. The van der Waals surface area contributed by atoms with Gasteiger partial charge in [-0.25, -0.2) is 4.79 Å². The van der Waals surface area contributed by atoms with E-state index in [4.69, 9.17) is 13.9 Å². The van der Waals surface area contributed by atoms with Crippen LogP contribution in [0.25, 0.3) is 22.1 Å². The first-order valence-corrected chi connectivity index (χ1v) is 9.37. The number of phenolic OH excluding ortho intramolecular Hbond substituents is 1. The van der Waals surface area contributed by atoms with E-state index < -0.39 is 5.63 Å². The summed E-state index contributed by atoms with van der Waals surface area (Å²) in [6.07, 6.45) is 0. The molecule has 0 radical (unpaired) electrons. The van der Waals surface area contributed by atoms with Crippen molar-refractivity contribution in [3.05, 3.63) is 52.4 Å². The number of nitrogens with one attached hydrogen (secondary N) is 1. The molecule has 6 heteroatoms. The van der Waals surface area contributed by atoms with Crippen LogP contribution in [0.5, 0.6) is 17.2 Å². The van der Waals surface area contributed by atoms with Gasteiger partial charge in [0.25, 0.3) is 0 Å². The van der Waals surface area contributed by atoms with Gasteiger partial charge in [0.15, 0.2) is 17.1 Å². The van der Waals surface area contributed by atoms with E-state index in [1.54, 1.807) is 50.6 Å². The molecule has 0 atom stereocenters. The molecule has 0 amide bonds. The molecule has 28 heavy (non-hydrogen) atoms. The number of benzene rings is 2. The summed E-state index contributed by atoms with van der Waals surface area (Å²) in [4.78, 5) is 14.0. The van der Waals surface area contributed by atoms with Crippen LogP contribution in [0.2, 0.25) is 0 Å². The highest BCUT2D eigenvalue weighted by Gasteiger charge is 2.18. The molecule has 0 spiro atoms. The van der Waals surface area contributed by atoms with Gasteiger partial charge >= 0.3 is 5.63 Å². The molecule has 0 aliphatic heterocycles. The summed E-state index contributed by atoms with van der Waals surface area (Å²) in [5.74, 6) is 1.27. The lowest BCUT2D eigenvalue weighted by Gasteiger charge is -2.17. The highest BCUT2D eigenvalue weighted by atomic mass is 16.5. The van der Waals surface area contributed by atoms with E-state index in [1.807, 2.05) is 0 Å². The van der Waals surface area contributed by atoms with Crippen LogP contribution in [0.3, 0.4) is 0 Å². The Morgan fingerprint density at radius 1 is 1.00 bits per heavy atom. The van der Waals surface area contributed by atoms with Gasteiger partial charge in [-0.3, -0.25) is 0 Å². The van der Waals surface area contributed by atoms with E-state index >= 15 is 0 Å². The molecule has 3 aromatic rings. The Balaban J connectivity index is 2.14. The van der Waals surface area contributed by atoms with Gasteiger partial charge in [-0.2, -0.15) is 0 Å². The number of rotatable bonds is 7. The fraction of sp³-hybridized carbons (Fsp3) is 0.318. The third-order valence-corrected chi connectivity index (χ3v) is 5.10. The molecule has 1 heterocycles. The largest absolute Gasteiger partial charge is 0.507 e. The lowest BCUT2D eigenvalue weighted by molar-refractivity contribution is -0.910. The van der Waals surface area contributed by atoms with Crippen LogP contribution in [0.15, 0.2) is 45.6 Å². The molecule has 148 valence electrons. The van der Waals surface area contributed by atoms with Crippen molar-refractivity contribution in [2.75, 3.05) is 27.3 Å². The monoisotopic (exact) mass is 384 g/mol. The molecule has 0 unspecified atom stereocenters. The first-order valence-electron chi connectivity index (χ1n) is 9.37. The number of ether oxygens (including phenoxy) is 2. The van der Waals surface area contributed by atoms with E-state index in [2.05, 4.69) is 13.8 Å². The van der Waals surface area contributed by atoms with Crippen molar-refractivity contribution < 1.29 is 23.9 Å². The summed E-state index contributed by atoms with van der Waals surface area (Å²) < 4.78 is 16.3. The number of quaternary nitrogens is 1. The van der Waals surface area contributed by atoms with Gasteiger partial charge in [0, 0.05) is 5.39 Å². The van der Waals surface area contributed by atoms with Crippen molar-refractivity contribution in [3.8, 4) is 28.4 Å². The predicted molar refractivity (Wildman–Crippen MR) is 108 cm³/mol. The van der Waals surface area contributed by atoms with Gasteiger partial charge in [0.2, 0.25) is 0 Å². The normalized spacial score (nSPS) is 11.2. The van der Waals surface area contributed by atoms with Gasteiger partial charge in [0.1, 0.15) is 12.3 Å². The van der Waals surface area contributed by atoms with E-state index in [-0.39, 0.29) is 5.75 Å². The van der Waals surface area contributed by atoms with Gasteiger partial charge in [-0.15, -0.1) is 0 Å². The van der Waals surface area contributed by atoms with Crippen molar-refractivity contribution in [1.82, 2.24) is 0 Å². The van der Waals surface area contributed by atoms with Crippen LogP contribution in [0, 0.1) is 0 Å². The zero-order chi connectivity index (χ0) is 20.3. The van der Waals surface area contributed by atoms with Gasteiger partial charge in [0.05, 0.1) is 38.4 Å². The number of aromatic hydroxyl groups is 1. The number of fused-ring (bicyclic) bond motifs is 1. The minimum Gasteiger partial charge on any atom is -0.507 e. The number of hydrogen-bond donors (Lipinski definition) is 2. The SMILES string of the molecule is CC[NH+](CC)Cc1c(O)ccc2cc(-c3ccc(OC)c(OC)c3)c(=O)oc12. The third-order valence-electron chi connectivity index (χ3n) is 5.10. The summed E-state index contributed by atoms with van der Waals surface area (Å²) in [5, 5.41) is 11.1. The Labute approximate surface area is 163 Å². The van der Waals surface area contributed by atoms with Crippen molar-refractivity contribution >= 4 is 11.0 Å². The second kappa shape index (κ2) is 8.35. The molecule has 0 saturated heterocycles. The zero-order valence-corrected chi connectivity index (χ0v) is 16.7. The van der Waals surface area contributed by atoms with Crippen LogP contribution in [0.1, 0.15) is 19.4 Å². The molecule has 1 aromatic heterocycles. The van der Waals surface area contributed by atoms with Crippen LogP contribution < -0.4 is 20.0 Å². The smallest absolute Gasteiger partial charge is 0.344 e. The van der Waals surface area contributed by atoms with E-state index in [0.29, 0.717) is 40.3 Å². The lowest BCUT2D eigenvalue weighted by atomic mass is 10.0. The Morgan fingerprint density at radius 3 is 2.36 bits per heavy atom. The third kappa shape index (κ3) is 3.68. The van der Waals surface area contributed by atoms with E-state index in [0.717, 1.165) is 18.5 Å². The van der Waals surface area contributed by atoms with Crippen molar-refractivity contribution in [3.63, 3.8) is 0 Å². The molecule has 0 saturated carbocycles. The van der Waals surface area contributed by atoms with Crippen LogP contribution >= 0.6 is 0 Å². The fourth-order valence-electron chi connectivity index (χ4n) is 3.36. The Hall–Kier alpha value is -2.99. The zero-order valence-electron chi connectivity index (χ0n) is 16.7. The Morgan fingerprint density at radius 2 is 1.71 bits per heavy atom. The number of methoxy groups -OCH3 is 2. The van der Waals surface area contributed by atoms with Crippen molar-refractivity contribution in [2.24, 2.45) is 0 Å². The molecule has 2 N–H and O–H groups in total. The molecular formula is C22H26NO5+. The minimum absolute atomic E-state index is 0.147. The van der Waals surface area contributed by atoms with Crippen LogP contribution in [0.4, 0.5) is 0 Å². The van der Waals surface area contributed by atoms with Crippen LogP contribution in [-0.4, -0.2) is 32.4 Å². The topological polar surface area (TPSA) is 73.3 Å². The Bertz CT molecular complexity index is 1040. The average molecular weight is 384 g/mol. The fourth-order valence-corrected chi connectivity index (χ4v) is 3.36. The lowest BCUT2D eigenvalue weighted by Crippen LogP contribution is -3.10. The predicted octanol–water partition coefficient (Wildman–Crippen LogP) is 2.61. The second-order valence-electron chi connectivity index (χ2n) is 6.63. The Kier molecular flexibility index (Phi) is 5.90. The molecule has 0 aliphatic rings. The molecule has 6 nitrogen and oxygen atoms in total. The summed E-state index contributed by atoms with van der Waals surface area (Å²) in [6.45, 7) is 6.61. The van der Waals surface area contributed by atoms with Crippen molar-refractivity contribution in [2.45, 2.75) is 20.4 Å². The first kappa shape index (κ1) is 19.8. The molecule has 2 aromatic carbocycles.